The lowest BCUT2D eigenvalue weighted by Gasteiger charge is -2.08. The maximum atomic E-state index is 12.1. The average molecular weight is 387 g/mol. The van der Waals surface area contributed by atoms with Gasteiger partial charge in [0.1, 0.15) is 5.69 Å². The number of urea groups is 1. The van der Waals surface area contributed by atoms with Crippen LogP contribution in [-0.2, 0) is 16.4 Å². The molecular formula is C17H17N5O4S. The molecule has 0 spiro atoms. The molecule has 2 amide bonds. The van der Waals surface area contributed by atoms with E-state index in [1.165, 1.54) is 12.1 Å². The molecule has 1 aromatic carbocycles. The SMILES string of the molecule is Cc1ccc(S(=O)(=O)NC(=O)NCCc2nnc(-c3ccccn3)o2)cc1. The number of hydrogen-bond donors (Lipinski definition) is 2. The minimum Gasteiger partial charge on any atom is -0.419 e. The first-order valence-corrected chi connectivity index (χ1v) is 9.53. The Morgan fingerprint density at radius 1 is 1.11 bits per heavy atom. The summed E-state index contributed by atoms with van der Waals surface area (Å²) in [6, 6.07) is 10.6. The van der Waals surface area contributed by atoms with Gasteiger partial charge in [-0.05, 0) is 31.2 Å². The van der Waals surface area contributed by atoms with Crippen LogP contribution in [0.4, 0.5) is 4.79 Å². The first-order valence-electron chi connectivity index (χ1n) is 8.05. The van der Waals surface area contributed by atoms with Crippen molar-refractivity contribution in [2.24, 2.45) is 0 Å². The molecule has 3 aromatic rings. The van der Waals surface area contributed by atoms with E-state index in [0.29, 0.717) is 11.6 Å². The highest BCUT2D eigenvalue weighted by Gasteiger charge is 2.17. The minimum atomic E-state index is -3.92. The Labute approximate surface area is 155 Å². The molecule has 0 unspecified atom stereocenters. The van der Waals surface area contributed by atoms with Gasteiger partial charge in [0.15, 0.2) is 0 Å². The monoisotopic (exact) mass is 387 g/mol. The molecule has 0 radical (unpaired) electrons. The summed E-state index contributed by atoms with van der Waals surface area (Å²) in [6.45, 7) is 1.96. The van der Waals surface area contributed by atoms with E-state index in [1.54, 1.807) is 36.5 Å². The fourth-order valence-corrected chi connectivity index (χ4v) is 3.09. The van der Waals surface area contributed by atoms with E-state index in [0.717, 1.165) is 5.56 Å². The number of amides is 2. The normalized spacial score (nSPS) is 11.1. The van der Waals surface area contributed by atoms with Crippen molar-refractivity contribution in [1.29, 1.82) is 0 Å². The molecule has 0 aliphatic carbocycles. The van der Waals surface area contributed by atoms with Crippen molar-refractivity contribution < 1.29 is 17.6 Å². The van der Waals surface area contributed by atoms with Gasteiger partial charge >= 0.3 is 6.03 Å². The molecule has 0 atom stereocenters. The van der Waals surface area contributed by atoms with Crippen LogP contribution in [0.3, 0.4) is 0 Å². The third kappa shape index (κ3) is 4.88. The summed E-state index contributed by atoms with van der Waals surface area (Å²) >= 11 is 0. The van der Waals surface area contributed by atoms with Gasteiger partial charge in [-0.15, -0.1) is 10.2 Å². The van der Waals surface area contributed by atoms with Crippen LogP contribution >= 0.6 is 0 Å². The van der Waals surface area contributed by atoms with Crippen LogP contribution in [0.2, 0.25) is 0 Å². The van der Waals surface area contributed by atoms with E-state index in [1.807, 2.05) is 11.6 Å². The second kappa shape index (κ2) is 7.96. The summed E-state index contributed by atoms with van der Waals surface area (Å²) in [7, 11) is -3.92. The summed E-state index contributed by atoms with van der Waals surface area (Å²) in [5, 5.41) is 10.2. The first-order chi connectivity index (χ1) is 12.9. The van der Waals surface area contributed by atoms with Crippen molar-refractivity contribution in [3.8, 4) is 11.6 Å². The minimum absolute atomic E-state index is 0.0140. The van der Waals surface area contributed by atoms with Crippen LogP contribution in [0.25, 0.3) is 11.6 Å². The second-order valence-corrected chi connectivity index (χ2v) is 7.32. The maximum Gasteiger partial charge on any atom is 0.328 e. The quantitative estimate of drug-likeness (QED) is 0.658. The van der Waals surface area contributed by atoms with Crippen molar-refractivity contribution in [3.05, 3.63) is 60.1 Å². The highest BCUT2D eigenvalue weighted by molar-refractivity contribution is 7.90. The van der Waals surface area contributed by atoms with Gasteiger partial charge in [-0.1, -0.05) is 23.8 Å². The molecule has 9 nitrogen and oxygen atoms in total. The van der Waals surface area contributed by atoms with Gasteiger partial charge in [0.25, 0.3) is 15.9 Å². The van der Waals surface area contributed by atoms with E-state index in [-0.39, 0.29) is 23.8 Å². The summed E-state index contributed by atoms with van der Waals surface area (Å²) < 4.78 is 31.7. The third-order valence-corrected chi connectivity index (χ3v) is 4.88. The van der Waals surface area contributed by atoms with Crippen molar-refractivity contribution >= 4 is 16.1 Å². The number of aryl methyl sites for hydroxylation is 1. The predicted molar refractivity (Wildman–Crippen MR) is 96.1 cm³/mol. The molecule has 0 bridgehead atoms. The number of pyridine rings is 1. The van der Waals surface area contributed by atoms with Crippen molar-refractivity contribution in [2.75, 3.05) is 6.54 Å². The lowest BCUT2D eigenvalue weighted by atomic mass is 10.2. The smallest absolute Gasteiger partial charge is 0.328 e. The topological polar surface area (TPSA) is 127 Å². The van der Waals surface area contributed by atoms with Crippen molar-refractivity contribution in [2.45, 2.75) is 18.2 Å². The zero-order chi connectivity index (χ0) is 19.3. The Kier molecular flexibility index (Phi) is 5.46. The predicted octanol–water partition coefficient (Wildman–Crippen LogP) is 1.67. The van der Waals surface area contributed by atoms with Gasteiger partial charge in [-0.3, -0.25) is 4.98 Å². The Hall–Kier alpha value is -3.27. The molecule has 2 N–H and O–H groups in total. The number of carbonyl (C=O) groups is 1. The van der Waals surface area contributed by atoms with Gasteiger partial charge in [-0.25, -0.2) is 17.9 Å². The zero-order valence-electron chi connectivity index (χ0n) is 14.4. The molecule has 0 fully saturated rings. The number of sulfonamides is 1. The fraction of sp³-hybridized carbons (Fsp3) is 0.176. The lowest BCUT2D eigenvalue weighted by molar-refractivity contribution is 0.245. The molecule has 140 valence electrons. The summed E-state index contributed by atoms with van der Waals surface area (Å²) in [4.78, 5) is 16.0. The van der Waals surface area contributed by atoms with Crippen LogP contribution in [0.15, 0.2) is 58.0 Å². The first kappa shape index (κ1) is 18.5. The molecule has 0 saturated carbocycles. The number of nitrogens with one attached hydrogen (secondary N) is 2. The molecule has 27 heavy (non-hydrogen) atoms. The summed E-state index contributed by atoms with van der Waals surface area (Å²) in [5.41, 5.74) is 1.47. The molecule has 3 rings (SSSR count). The van der Waals surface area contributed by atoms with Crippen LogP contribution in [0.5, 0.6) is 0 Å². The Balaban J connectivity index is 1.51. The van der Waals surface area contributed by atoms with E-state index >= 15 is 0 Å². The number of benzene rings is 1. The van der Waals surface area contributed by atoms with E-state index in [4.69, 9.17) is 4.42 Å². The molecule has 0 aliphatic heterocycles. The molecule has 2 heterocycles. The van der Waals surface area contributed by atoms with Gasteiger partial charge in [0, 0.05) is 19.2 Å². The van der Waals surface area contributed by atoms with Gasteiger partial charge in [-0.2, -0.15) is 0 Å². The van der Waals surface area contributed by atoms with E-state index in [2.05, 4.69) is 20.5 Å². The Bertz CT molecular complexity index is 1020. The Morgan fingerprint density at radius 3 is 2.59 bits per heavy atom. The molecular weight excluding hydrogens is 370 g/mol. The number of hydrogen-bond acceptors (Lipinski definition) is 7. The van der Waals surface area contributed by atoms with Crippen molar-refractivity contribution in [3.63, 3.8) is 0 Å². The molecule has 0 saturated heterocycles. The van der Waals surface area contributed by atoms with Crippen LogP contribution < -0.4 is 10.0 Å². The number of nitrogens with zero attached hydrogens (tertiary/aromatic N) is 3. The van der Waals surface area contributed by atoms with Gasteiger partial charge in [0.05, 0.1) is 4.90 Å². The highest BCUT2D eigenvalue weighted by Crippen LogP contribution is 2.14. The molecule has 0 aliphatic rings. The molecule has 10 heteroatoms. The maximum absolute atomic E-state index is 12.1. The van der Waals surface area contributed by atoms with Crippen LogP contribution in [-0.4, -0.2) is 36.2 Å². The average Bonchev–Trinajstić information content (AvgIpc) is 3.11. The Morgan fingerprint density at radius 2 is 1.89 bits per heavy atom. The standard InChI is InChI=1S/C17H17N5O4S/c1-12-5-7-13(8-6-12)27(24,25)22-17(23)19-11-9-15-20-21-16(26-15)14-4-2-3-10-18-14/h2-8,10H,9,11H2,1H3,(H2,19,22,23). The fourth-order valence-electron chi connectivity index (χ4n) is 2.16. The third-order valence-electron chi connectivity index (χ3n) is 3.53. The second-order valence-electron chi connectivity index (χ2n) is 5.64. The van der Waals surface area contributed by atoms with Crippen molar-refractivity contribution in [1.82, 2.24) is 25.2 Å². The highest BCUT2D eigenvalue weighted by atomic mass is 32.2. The van der Waals surface area contributed by atoms with E-state index < -0.39 is 16.1 Å². The van der Waals surface area contributed by atoms with Crippen LogP contribution in [0, 0.1) is 6.92 Å². The lowest BCUT2D eigenvalue weighted by Crippen LogP contribution is -2.40. The summed E-state index contributed by atoms with van der Waals surface area (Å²) in [6.07, 6.45) is 1.86. The van der Waals surface area contributed by atoms with Gasteiger partial charge in [0.2, 0.25) is 5.89 Å². The summed E-state index contributed by atoms with van der Waals surface area (Å²) in [5.74, 6) is 0.578. The largest absolute Gasteiger partial charge is 0.419 e. The number of rotatable bonds is 6. The zero-order valence-corrected chi connectivity index (χ0v) is 15.2. The number of carbonyl (C=O) groups excluding carboxylic acids is 1. The van der Waals surface area contributed by atoms with E-state index in [9.17, 15) is 13.2 Å². The number of aromatic nitrogens is 3. The molecule has 2 aromatic heterocycles. The van der Waals surface area contributed by atoms with Gasteiger partial charge < -0.3 is 9.73 Å². The van der Waals surface area contributed by atoms with Crippen LogP contribution in [0.1, 0.15) is 11.5 Å².